The molecule has 0 N–H and O–H groups in total. The van der Waals surface area contributed by atoms with E-state index in [9.17, 15) is 13.6 Å². The van der Waals surface area contributed by atoms with Gasteiger partial charge in [0.2, 0.25) is 0 Å². The SMILES string of the molecule is O=C(c1ccc2c(c1)CCc1cc(F)ccc1-2)c1ccc2c(c1)CCc1cc(F)ccc1-2. The summed E-state index contributed by atoms with van der Waals surface area (Å²) < 4.78 is 27.2. The zero-order valence-corrected chi connectivity index (χ0v) is 17.4. The van der Waals surface area contributed by atoms with Crippen LogP contribution < -0.4 is 0 Å². The van der Waals surface area contributed by atoms with E-state index >= 15 is 0 Å². The summed E-state index contributed by atoms with van der Waals surface area (Å²) in [5.41, 5.74) is 9.91. The second-order valence-corrected chi connectivity index (χ2v) is 8.68. The largest absolute Gasteiger partial charge is 0.289 e. The minimum atomic E-state index is -0.209. The van der Waals surface area contributed by atoms with Gasteiger partial charge in [-0.05, 0) is 107 Å². The van der Waals surface area contributed by atoms with Crippen molar-refractivity contribution in [3.63, 3.8) is 0 Å². The van der Waals surface area contributed by atoms with Gasteiger partial charge < -0.3 is 0 Å². The molecule has 0 saturated heterocycles. The molecule has 2 aliphatic rings. The van der Waals surface area contributed by atoms with E-state index in [1.54, 1.807) is 12.1 Å². The standard InChI is InChI=1S/C29H20F2O/c30-23-7-11-27-19(15-23)3-1-17-13-21(5-9-25(17)27)29(32)22-6-10-26-18(14-22)2-4-20-16-24(31)8-12-28(20)26/h5-16H,1-4H2. The fraction of sp³-hybridized carbons (Fsp3) is 0.138. The Morgan fingerprint density at radius 2 is 0.844 bits per heavy atom. The van der Waals surface area contributed by atoms with E-state index < -0.39 is 0 Å². The molecule has 2 aliphatic carbocycles. The molecule has 0 amide bonds. The van der Waals surface area contributed by atoms with Crippen LogP contribution in [0.1, 0.15) is 38.2 Å². The molecule has 32 heavy (non-hydrogen) atoms. The first kappa shape index (κ1) is 19.1. The monoisotopic (exact) mass is 422 g/mol. The normalized spacial score (nSPS) is 13.6. The van der Waals surface area contributed by atoms with Gasteiger partial charge in [0.25, 0.3) is 0 Å². The lowest BCUT2D eigenvalue weighted by atomic mass is 9.82. The molecule has 0 atom stereocenters. The molecule has 156 valence electrons. The van der Waals surface area contributed by atoms with Crippen LogP contribution in [0.25, 0.3) is 22.3 Å². The highest BCUT2D eigenvalue weighted by Gasteiger charge is 2.21. The molecule has 4 aromatic rings. The molecular weight excluding hydrogens is 402 g/mol. The molecule has 0 spiro atoms. The quantitative estimate of drug-likeness (QED) is 0.328. The van der Waals surface area contributed by atoms with Crippen LogP contribution in [0.4, 0.5) is 8.78 Å². The van der Waals surface area contributed by atoms with Crippen molar-refractivity contribution >= 4 is 5.78 Å². The molecule has 6 rings (SSSR count). The third kappa shape index (κ3) is 3.08. The van der Waals surface area contributed by atoms with Crippen molar-refractivity contribution < 1.29 is 13.6 Å². The summed E-state index contributed by atoms with van der Waals surface area (Å²) in [7, 11) is 0. The van der Waals surface area contributed by atoms with Crippen LogP contribution >= 0.6 is 0 Å². The van der Waals surface area contributed by atoms with Crippen LogP contribution in [0.3, 0.4) is 0 Å². The van der Waals surface area contributed by atoms with Gasteiger partial charge in [-0.25, -0.2) is 8.78 Å². The number of carbonyl (C=O) groups excluding carboxylic acids is 1. The number of hydrogen-bond donors (Lipinski definition) is 0. The molecule has 0 unspecified atom stereocenters. The number of aryl methyl sites for hydroxylation is 4. The number of carbonyl (C=O) groups is 1. The van der Waals surface area contributed by atoms with Crippen molar-refractivity contribution in [1.29, 1.82) is 0 Å². The summed E-state index contributed by atoms with van der Waals surface area (Å²) in [6.07, 6.45) is 3.14. The van der Waals surface area contributed by atoms with Crippen LogP contribution in [0.15, 0.2) is 72.8 Å². The summed E-state index contributed by atoms with van der Waals surface area (Å²) in [5.74, 6) is -0.413. The third-order valence-corrected chi connectivity index (χ3v) is 6.78. The van der Waals surface area contributed by atoms with Crippen molar-refractivity contribution in [1.82, 2.24) is 0 Å². The first-order valence-electron chi connectivity index (χ1n) is 10.9. The molecule has 4 aromatic carbocycles. The Morgan fingerprint density at radius 1 is 0.500 bits per heavy atom. The van der Waals surface area contributed by atoms with Crippen LogP contribution in [-0.2, 0) is 25.7 Å². The minimum absolute atomic E-state index is 0.00501. The van der Waals surface area contributed by atoms with Gasteiger partial charge in [-0.1, -0.05) is 36.4 Å². The van der Waals surface area contributed by atoms with Crippen molar-refractivity contribution in [2.24, 2.45) is 0 Å². The second kappa shape index (κ2) is 7.23. The summed E-state index contributed by atoms with van der Waals surface area (Å²) in [6, 6.07) is 21.6. The molecule has 0 saturated carbocycles. The van der Waals surface area contributed by atoms with Gasteiger partial charge in [0.15, 0.2) is 5.78 Å². The predicted molar refractivity (Wildman–Crippen MR) is 122 cm³/mol. The topological polar surface area (TPSA) is 17.1 Å². The molecule has 0 aliphatic heterocycles. The van der Waals surface area contributed by atoms with Crippen LogP contribution in [0, 0.1) is 11.6 Å². The maximum atomic E-state index is 13.6. The van der Waals surface area contributed by atoms with E-state index in [0.717, 1.165) is 70.2 Å². The second-order valence-electron chi connectivity index (χ2n) is 8.68. The predicted octanol–water partition coefficient (Wildman–Crippen LogP) is 6.73. The Labute approximate surface area is 185 Å². The molecule has 0 bridgehead atoms. The Balaban J connectivity index is 1.35. The maximum Gasteiger partial charge on any atom is 0.193 e. The third-order valence-electron chi connectivity index (χ3n) is 6.78. The fourth-order valence-corrected chi connectivity index (χ4v) is 5.18. The first-order chi connectivity index (χ1) is 15.6. The highest BCUT2D eigenvalue weighted by atomic mass is 19.1. The zero-order chi connectivity index (χ0) is 21.8. The Morgan fingerprint density at radius 3 is 1.25 bits per heavy atom. The molecule has 3 heteroatoms. The number of benzene rings is 4. The summed E-state index contributed by atoms with van der Waals surface area (Å²) in [5, 5.41) is 0. The molecule has 0 fully saturated rings. The molecule has 1 nitrogen and oxygen atoms in total. The van der Waals surface area contributed by atoms with Gasteiger partial charge in [0.1, 0.15) is 11.6 Å². The number of fused-ring (bicyclic) bond motifs is 6. The van der Waals surface area contributed by atoms with Crippen LogP contribution in [0.2, 0.25) is 0 Å². The first-order valence-corrected chi connectivity index (χ1v) is 10.9. The van der Waals surface area contributed by atoms with E-state index in [0.29, 0.717) is 11.1 Å². The average Bonchev–Trinajstić information content (AvgIpc) is 2.82. The van der Waals surface area contributed by atoms with E-state index in [1.807, 2.05) is 48.5 Å². The van der Waals surface area contributed by atoms with Crippen molar-refractivity contribution in [3.05, 3.63) is 118 Å². The Bertz CT molecular complexity index is 1310. The smallest absolute Gasteiger partial charge is 0.193 e. The summed E-state index contributed by atoms with van der Waals surface area (Å²) in [4.78, 5) is 13.3. The molecule has 0 heterocycles. The Kier molecular flexibility index (Phi) is 4.32. The molecule has 0 radical (unpaired) electrons. The van der Waals surface area contributed by atoms with E-state index in [-0.39, 0.29) is 17.4 Å². The highest BCUT2D eigenvalue weighted by molar-refractivity contribution is 6.09. The average molecular weight is 422 g/mol. The number of rotatable bonds is 2. The highest BCUT2D eigenvalue weighted by Crippen LogP contribution is 2.36. The van der Waals surface area contributed by atoms with Gasteiger partial charge >= 0.3 is 0 Å². The summed E-state index contributed by atoms with van der Waals surface area (Å²) in [6.45, 7) is 0. The van der Waals surface area contributed by atoms with Gasteiger partial charge in [0, 0.05) is 11.1 Å². The van der Waals surface area contributed by atoms with Gasteiger partial charge in [-0.2, -0.15) is 0 Å². The minimum Gasteiger partial charge on any atom is -0.289 e. The molecular formula is C29H20F2O. The number of halogens is 2. The maximum absolute atomic E-state index is 13.6. The number of hydrogen-bond acceptors (Lipinski definition) is 1. The lowest BCUT2D eigenvalue weighted by molar-refractivity contribution is 0.103. The van der Waals surface area contributed by atoms with Gasteiger partial charge in [-0.15, -0.1) is 0 Å². The van der Waals surface area contributed by atoms with Crippen molar-refractivity contribution in [2.45, 2.75) is 25.7 Å². The van der Waals surface area contributed by atoms with E-state index in [4.69, 9.17) is 0 Å². The van der Waals surface area contributed by atoms with E-state index in [2.05, 4.69) is 0 Å². The zero-order valence-electron chi connectivity index (χ0n) is 17.4. The lowest BCUT2D eigenvalue weighted by Crippen LogP contribution is -2.09. The lowest BCUT2D eigenvalue weighted by Gasteiger charge is -2.21. The Hall–Kier alpha value is -3.59. The fourth-order valence-electron chi connectivity index (χ4n) is 5.18. The number of ketones is 1. The van der Waals surface area contributed by atoms with Crippen LogP contribution in [0.5, 0.6) is 0 Å². The van der Waals surface area contributed by atoms with Gasteiger partial charge in [-0.3, -0.25) is 4.79 Å². The van der Waals surface area contributed by atoms with E-state index in [1.165, 1.54) is 12.1 Å². The molecule has 0 aromatic heterocycles. The summed E-state index contributed by atoms with van der Waals surface area (Å²) >= 11 is 0. The van der Waals surface area contributed by atoms with Crippen molar-refractivity contribution in [2.75, 3.05) is 0 Å². The van der Waals surface area contributed by atoms with Crippen molar-refractivity contribution in [3.8, 4) is 22.3 Å². The van der Waals surface area contributed by atoms with Crippen LogP contribution in [-0.4, -0.2) is 5.78 Å². The van der Waals surface area contributed by atoms with Gasteiger partial charge in [0.05, 0.1) is 0 Å².